The average Bonchev–Trinajstić information content (AvgIpc) is 2.85. The molecule has 1 aliphatic rings. The lowest BCUT2D eigenvalue weighted by atomic mass is 10.2. The second-order valence-corrected chi connectivity index (χ2v) is 3.83. The molecule has 1 aliphatic heterocycles. The molecule has 0 saturated carbocycles. The third-order valence-electron chi connectivity index (χ3n) is 2.34. The summed E-state index contributed by atoms with van der Waals surface area (Å²) in [6.45, 7) is 0.836. The van der Waals surface area contributed by atoms with Crippen LogP contribution in [0.1, 0.15) is 37.0 Å². The zero-order valence-electron chi connectivity index (χ0n) is 8.04. The van der Waals surface area contributed by atoms with Crippen LogP contribution in [0.25, 0.3) is 0 Å². The molecule has 2 heterocycles. The first kappa shape index (κ1) is 9.99. The predicted molar refractivity (Wildman–Crippen MR) is 53.5 cm³/mol. The van der Waals surface area contributed by atoms with Gasteiger partial charge in [-0.05, 0) is 19.3 Å². The maximum Gasteiger partial charge on any atom is 0.194 e. The smallest absolute Gasteiger partial charge is 0.194 e. The Bertz CT molecular complexity index is 281. The fourth-order valence-corrected chi connectivity index (χ4v) is 1.74. The van der Waals surface area contributed by atoms with Crippen molar-refractivity contribution in [2.75, 3.05) is 12.5 Å². The Morgan fingerprint density at radius 2 is 2.50 bits per heavy atom. The first-order valence-corrected chi connectivity index (χ1v) is 5.56. The van der Waals surface area contributed by atoms with E-state index in [4.69, 9.17) is 20.8 Å². The van der Waals surface area contributed by atoms with Crippen molar-refractivity contribution in [2.45, 2.75) is 31.8 Å². The topological polar surface area (TPSA) is 35.3 Å². The Labute approximate surface area is 88.4 Å². The number of hydrogen-bond donors (Lipinski definition) is 0. The third-order valence-corrected chi connectivity index (χ3v) is 2.61. The first-order valence-electron chi connectivity index (χ1n) is 5.02. The molecule has 1 aromatic rings. The van der Waals surface area contributed by atoms with E-state index in [1.165, 1.54) is 0 Å². The van der Waals surface area contributed by atoms with Crippen LogP contribution in [-0.2, 0) is 11.2 Å². The van der Waals surface area contributed by atoms with E-state index in [0.717, 1.165) is 43.9 Å². The van der Waals surface area contributed by atoms with Crippen molar-refractivity contribution in [1.82, 2.24) is 4.98 Å². The molecule has 0 aliphatic carbocycles. The van der Waals surface area contributed by atoms with Gasteiger partial charge in [0.1, 0.15) is 6.10 Å². The fraction of sp³-hybridized carbons (Fsp3) is 0.700. The normalized spacial score (nSPS) is 21.6. The molecular formula is C10H14ClNO2. The monoisotopic (exact) mass is 215 g/mol. The van der Waals surface area contributed by atoms with Gasteiger partial charge in [-0.25, -0.2) is 4.98 Å². The Morgan fingerprint density at radius 1 is 1.57 bits per heavy atom. The zero-order chi connectivity index (χ0) is 9.80. The van der Waals surface area contributed by atoms with Crippen LogP contribution in [0.4, 0.5) is 0 Å². The van der Waals surface area contributed by atoms with E-state index in [1.807, 2.05) is 0 Å². The SMILES string of the molecule is ClCCCc1ncc(C2CCCO2)o1. The number of oxazole rings is 1. The molecule has 2 rings (SSSR count). The van der Waals surface area contributed by atoms with Crippen molar-refractivity contribution in [1.29, 1.82) is 0 Å². The number of alkyl halides is 1. The van der Waals surface area contributed by atoms with Crippen LogP contribution < -0.4 is 0 Å². The van der Waals surface area contributed by atoms with Crippen molar-refractivity contribution in [3.63, 3.8) is 0 Å². The van der Waals surface area contributed by atoms with Gasteiger partial charge >= 0.3 is 0 Å². The van der Waals surface area contributed by atoms with Gasteiger partial charge in [-0.3, -0.25) is 0 Å². The molecule has 0 N–H and O–H groups in total. The lowest BCUT2D eigenvalue weighted by Gasteiger charge is -2.03. The van der Waals surface area contributed by atoms with E-state index in [2.05, 4.69) is 4.98 Å². The minimum absolute atomic E-state index is 0.132. The molecule has 78 valence electrons. The lowest BCUT2D eigenvalue weighted by molar-refractivity contribution is 0.0924. The summed E-state index contributed by atoms with van der Waals surface area (Å²) >= 11 is 5.59. The second kappa shape index (κ2) is 4.80. The molecule has 3 nitrogen and oxygen atoms in total. The Balaban J connectivity index is 1.94. The van der Waals surface area contributed by atoms with Crippen LogP contribution in [0.5, 0.6) is 0 Å². The number of halogens is 1. The second-order valence-electron chi connectivity index (χ2n) is 3.45. The Morgan fingerprint density at radius 3 is 3.21 bits per heavy atom. The highest BCUT2D eigenvalue weighted by Crippen LogP contribution is 2.28. The standard InChI is InChI=1S/C10H14ClNO2/c11-5-1-4-10-12-7-9(14-10)8-3-2-6-13-8/h7-8H,1-6H2. The quantitative estimate of drug-likeness (QED) is 0.725. The highest BCUT2D eigenvalue weighted by Gasteiger charge is 2.21. The summed E-state index contributed by atoms with van der Waals surface area (Å²) in [4.78, 5) is 4.19. The molecule has 0 bridgehead atoms. The van der Waals surface area contributed by atoms with Gasteiger partial charge in [-0.2, -0.15) is 0 Å². The first-order chi connectivity index (χ1) is 6.90. The van der Waals surface area contributed by atoms with Crippen LogP contribution in [0.15, 0.2) is 10.6 Å². The third kappa shape index (κ3) is 2.28. The van der Waals surface area contributed by atoms with E-state index < -0.39 is 0 Å². The average molecular weight is 216 g/mol. The van der Waals surface area contributed by atoms with E-state index in [9.17, 15) is 0 Å². The molecule has 14 heavy (non-hydrogen) atoms. The fourth-order valence-electron chi connectivity index (χ4n) is 1.61. The van der Waals surface area contributed by atoms with Crippen molar-refractivity contribution in [3.05, 3.63) is 17.8 Å². The number of ether oxygens (including phenoxy) is 1. The number of rotatable bonds is 4. The minimum Gasteiger partial charge on any atom is -0.443 e. The number of nitrogens with zero attached hydrogens (tertiary/aromatic N) is 1. The lowest BCUT2D eigenvalue weighted by Crippen LogP contribution is -1.92. The summed E-state index contributed by atoms with van der Waals surface area (Å²) in [5.41, 5.74) is 0. The summed E-state index contributed by atoms with van der Waals surface area (Å²) in [6, 6.07) is 0. The summed E-state index contributed by atoms with van der Waals surface area (Å²) in [5, 5.41) is 0. The largest absolute Gasteiger partial charge is 0.443 e. The molecule has 1 aromatic heterocycles. The van der Waals surface area contributed by atoms with Crippen LogP contribution in [-0.4, -0.2) is 17.5 Å². The van der Waals surface area contributed by atoms with Gasteiger partial charge < -0.3 is 9.15 Å². The molecule has 0 amide bonds. The Kier molecular flexibility index (Phi) is 3.43. The molecule has 1 fully saturated rings. The minimum atomic E-state index is 0.132. The van der Waals surface area contributed by atoms with Gasteiger partial charge in [-0.15, -0.1) is 11.6 Å². The maximum absolute atomic E-state index is 5.59. The highest BCUT2D eigenvalue weighted by atomic mass is 35.5. The molecule has 0 spiro atoms. The molecule has 4 heteroatoms. The highest BCUT2D eigenvalue weighted by molar-refractivity contribution is 6.17. The number of aryl methyl sites for hydroxylation is 1. The van der Waals surface area contributed by atoms with Crippen molar-refractivity contribution in [3.8, 4) is 0 Å². The van der Waals surface area contributed by atoms with Crippen molar-refractivity contribution >= 4 is 11.6 Å². The van der Waals surface area contributed by atoms with Crippen LogP contribution in [0.3, 0.4) is 0 Å². The molecular weight excluding hydrogens is 202 g/mol. The van der Waals surface area contributed by atoms with Gasteiger partial charge in [-0.1, -0.05) is 0 Å². The summed E-state index contributed by atoms with van der Waals surface area (Å²) < 4.78 is 11.1. The zero-order valence-corrected chi connectivity index (χ0v) is 8.79. The molecule has 0 radical (unpaired) electrons. The van der Waals surface area contributed by atoms with Crippen molar-refractivity contribution in [2.24, 2.45) is 0 Å². The molecule has 0 aromatic carbocycles. The van der Waals surface area contributed by atoms with Crippen molar-refractivity contribution < 1.29 is 9.15 Å². The summed E-state index contributed by atoms with van der Waals surface area (Å²) in [6.07, 6.45) is 5.79. The van der Waals surface area contributed by atoms with Crippen LogP contribution in [0, 0.1) is 0 Å². The van der Waals surface area contributed by atoms with E-state index >= 15 is 0 Å². The maximum atomic E-state index is 5.59. The van der Waals surface area contributed by atoms with E-state index in [0.29, 0.717) is 5.88 Å². The molecule has 1 unspecified atom stereocenters. The van der Waals surface area contributed by atoms with Gasteiger partial charge in [0.05, 0.1) is 6.20 Å². The van der Waals surface area contributed by atoms with E-state index in [1.54, 1.807) is 6.20 Å². The number of hydrogen-bond acceptors (Lipinski definition) is 3. The molecule has 1 saturated heterocycles. The Hall–Kier alpha value is -0.540. The van der Waals surface area contributed by atoms with E-state index in [-0.39, 0.29) is 6.10 Å². The predicted octanol–water partition coefficient (Wildman–Crippen LogP) is 2.70. The number of aromatic nitrogens is 1. The van der Waals surface area contributed by atoms with Crippen LogP contribution >= 0.6 is 11.6 Å². The van der Waals surface area contributed by atoms with Gasteiger partial charge in [0.15, 0.2) is 11.7 Å². The van der Waals surface area contributed by atoms with Gasteiger partial charge in [0.2, 0.25) is 0 Å². The molecule has 1 atom stereocenters. The van der Waals surface area contributed by atoms with Gasteiger partial charge in [0.25, 0.3) is 0 Å². The summed E-state index contributed by atoms with van der Waals surface area (Å²) in [5.74, 6) is 2.29. The van der Waals surface area contributed by atoms with Gasteiger partial charge in [0, 0.05) is 18.9 Å². The summed E-state index contributed by atoms with van der Waals surface area (Å²) in [7, 11) is 0. The van der Waals surface area contributed by atoms with Crippen LogP contribution in [0.2, 0.25) is 0 Å².